The van der Waals surface area contributed by atoms with Crippen LogP contribution in [0.3, 0.4) is 0 Å². The minimum atomic E-state index is -0.219. The monoisotopic (exact) mass is 2670 g/mol. The fourth-order valence-corrected chi connectivity index (χ4v) is 18.3. The first kappa shape index (κ1) is 114. The van der Waals surface area contributed by atoms with Crippen LogP contribution in [0.4, 0.5) is 38.9 Å². The first-order chi connectivity index (χ1) is 64.6. The summed E-state index contributed by atoms with van der Waals surface area (Å²) in [5.41, 5.74) is 9.37. The average Bonchev–Trinajstić information content (AvgIpc) is 1.58. The molecule has 36 heteroatoms. The van der Waals surface area contributed by atoms with Crippen LogP contribution in [-0.2, 0) is 24.3 Å². The molecule has 744 valence electrons. The van der Waals surface area contributed by atoms with E-state index in [1.165, 1.54) is 0 Å². The van der Waals surface area contributed by atoms with Gasteiger partial charge in [0.15, 0.2) is 34.5 Å². The van der Waals surface area contributed by atoms with Crippen molar-refractivity contribution < 1.29 is 211 Å². The van der Waals surface area contributed by atoms with Gasteiger partial charge in [-0.05, 0) is 186 Å². The number of carbonyl (C=O) groups is 3. The summed E-state index contributed by atoms with van der Waals surface area (Å²) in [6.07, 6.45) is 2.94. The van der Waals surface area contributed by atoms with Gasteiger partial charge in [0.1, 0.15) is 80.1 Å². The van der Waals surface area contributed by atoms with Gasteiger partial charge in [-0.3, -0.25) is 36.5 Å². The summed E-state index contributed by atoms with van der Waals surface area (Å²) >= 11 is 1.87. The topological polar surface area (TPSA) is 252 Å². The molecule has 2 fully saturated rings. The normalized spacial score (nSPS) is 14.1. The number of benzene rings is 11. The second-order valence-electron chi connectivity index (χ2n) is 40.4. The molecule has 0 aliphatic carbocycles. The third-order valence-corrected chi connectivity index (χ3v) is 26.2. The van der Waals surface area contributed by atoms with Crippen LogP contribution >= 0.6 is 11.8 Å². The van der Waals surface area contributed by atoms with E-state index >= 15 is 0 Å². The zero-order chi connectivity index (χ0) is 95.8. The number of unbranched alkanes of at least 4 members (excludes halogenated alkanes) is 1. The largest absolute Gasteiger partial charge is 2.00 e. The molecule has 14 aromatic rings. The molecule has 2 N–H and O–H groups in total. The van der Waals surface area contributed by atoms with Crippen molar-refractivity contribution in [3.05, 3.63) is 230 Å². The summed E-state index contributed by atoms with van der Waals surface area (Å²) < 4.78 is 52.7. The van der Waals surface area contributed by atoms with Crippen LogP contribution in [0.15, 0.2) is 224 Å². The van der Waals surface area contributed by atoms with Gasteiger partial charge in [-0.1, -0.05) is 42.8 Å². The van der Waals surface area contributed by atoms with Gasteiger partial charge in [0.2, 0.25) is 5.91 Å². The molecule has 0 saturated carbocycles. The Bertz CT molecular complexity index is 7270. The molecule has 28 nitrogen and oxygen atoms in total. The number of hydrogen-bond donors (Lipinski definition) is 2. The van der Waals surface area contributed by atoms with E-state index in [9.17, 15) is 14.4 Å². The smallest absolute Gasteiger partial charge is 1.00 e. The maximum absolute atomic E-state index is 14.2. The number of thioether (sulfide) groups is 1. The molecule has 3 atom stereocenters. The van der Waals surface area contributed by atoms with Crippen molar-refractivity contribution in [1.82, 2.24) is 87.2 Å². The van der Waals surface area contributed by atoms with Crippen LogP contribution in [0.5, 0.6) is 80.5 Å². The molecule has 0 radical (unpaired) electrons. The second-order valence-corrected chi connectivity index (χ2v) is 41.7. The number of nitrogens with zero attached hydrogens (tertiary/aromatic N) is 16. The Morgan fingerprint density at radius 1 is 0.350 bits per heavy atom. The van der Waals surface area contributed by atoms with Crippen molar-refractivity contribution in [1.29, 1.82) is 0 Å². The molecule has 4 aliphatic rings. The number of amides is 4. The molecule has 143 heavy (non-hydrogen) atoms. The van der Waals surface area contributed by atoms with Crippen molar-refractivity contribution >= 4 is 108 Å². The molecule has 7 heterocycles. The predicted octanol–water partition coefficient (Wildman–Crippen LogP) is 2.13. The molecular formula is C107H116I6N18O10SZn. The van der Waals surface area contributed by atoms with Crippen molar-refractivity contribution in [2.45, 2.75) is 43.0 Å². The molecule has 0 unspecified atom stereocenters. The predicted molar refractivity (Wildman–Crippen MR) is 546 cm³/mol. The summed E-state index contributed by atoms with van der Waals surface area (Å²) in [6.45, 7) is 0.672. The Morgan fingerprint density at radius 3 is 0.986 bits per heavy atom. The number of hydrogen-bond acceptors (Lipinski definition) is 17. The Labute approximate surface area is 954 Å². The molecule has 18 rings (SSSR count). The van der Waals surface area contributed by atoms with Crippen LogP contribution < -0.4 is 225 Å². The van der Waals surface area contributed by atoms with Gasteiger partial charge >= 0.3 is 25.5 Å². The molecule has 0 spiro atoms. The Balaban J connectivity index is 0.00000279. The van der Waals surface area contributed by atoms with E-state index in [1.54, 1.807) is 48.2 Å². The summed E-state index contributed by atoms with van der Waals surface area (Å²) in [4.78, 5) is 87.2. The molecule has 4 amide bonds. The Morgan fingerprint density at radius 2 is 0.650 bits per heavy atom. The molecular weight excluding hydrogens is 2560 g/mol. The number of urea groups is 1. The SMILES string of the molecule is CN(CCN(C)C(=O)c1ccc(Oc2ccc3c4nc5nc(nc6[n-]c(nc7nc(nc([n-]4)c3c2)-c2cc(Oc3cccc([N+](C)(C)C)c3)c(Oc3cccc([N+](C)(C)C)c3)cc2-7)c2cc(Oc3cccc([N+](C)(C)C)c3)c(Oc3cccc([N+](C)(C)C)c3)cc62)-c2cc(Oc3cccc([N+](C)(C)C)c3)c(Oc3cccc([N+](C)(C)C)c3)cc2-5)cc1)C(=O)CCCC[C@@H]1SC[C@@H]2NC(=O)N[C@@H]21.[I-].[I-].[I-].[I-].[I-].[I-].[Zn+2]. The third kappa shape index (κ3) is 26.1. The van der Waals surface area contributed by atoms with Crippen molar-refractivity contribution in [3.63, 3.8) is 0 Å². The molecule has 2 saturated heterocycles. The van der Waals surface area contributed by atoms with Crippen LogP contribution in [-0.4, -0.2) is 235 Å². The van der Waals surface area contributed by atoms with Gasteiger partial charge in [0.05, 0.1) is 162 Å². The number of halogens is 6. The fourth-order valence-electron chi connectivity index (χ4n) is 16.8. The zero-order valence-electron chi connectivity index (χ0n) is 83.7. The number of ether oxygens (including phenoxy) is 7. The Hall–Kier alpha value is -9.30. The van der Waals surface area contributed by atoms with Crippen LogP contribution in [0.25, 0.3) is 89.7 Å². The molecule has 3 aromatic heterocycles. The minimum Gasteiger partial charge on any atom is -1.00 e. The van der Waals surface area contributed by atoms with Crippen molar-refractivity contribution in [2.24, 2.45) is 0 Å². The van der Waals surface area contributed by atoms with Gasteiger partial charge in [-0.2, -0.15) is 11.8 Å². The third-order valence-electron chi connectivity index (χ3n) is 24.7. The van der Waals surface area contributed by atoms with E-state index in [1.807, 2.05) is 176 Å². The fraction of sp³-hybridized carbons (Fsp3) is 0.280. The van der Waals surface area contributed by atoms with Gasteiger partial charge in [-0.15, -0.1) is 0 Å². The van der Waals surface area contributed by atoms with Crippen molar-refractivity contribution in [3.8, 4) is 126 Å². The molecule has 4 aliphatic heterocycles. The van der Waals surface area contributed by atoms with E-state index in [0.717, 1.165) is 59.1 Å². The Kier molecular flexibility index (Phi) is 36.7. The number of fused-ring (bicyclic) bond motifs is 21. The van der Waals surface area contributed by atoms with E-state index < -0.39 is 0 Å². The maximum Gasteiger partial charge on any atom is 2.00 e. The number of likely N-dealkylation sites (N-methyl/N-ethyl adjacent to an activating group) is 2. The minimum absolute atomic E-state index is 0. The van der Waals surface area contributed by atoms with Crippen LogP contribution in [0, 0.1) is 0 Å². The van der Waals surface area contributed by atoms with Crippen LogP contribution in [0.2, 0.25) is 0 Å². The summed E-state index contributed by atoms with van der Waals surface area (Å²) in [5.74, 6) is 7.83. The van der Waals surface area contributed by atoms with Crippen LogP contribution in [0.1, 0.15) is 36.0 Å². The zero-order valence-corrected chi connectivity index (χ0v) is 100. The molecule has 8 bridgehead atoms. The summed E-state index contributed by atoms with van der Waals surface area (Å²) in [6, 6.07) is 72.0. The van der Waals surface area contributed by atoms with Gasteiger partial charge in [0.25, 0.3) is 5.91 Å². The van der Waals surface area contributed by atoms with Gasteiger partial charge in [-0.25, -0.2) is 14.8 Å². The quantitative estimate of drug-likeness (QED) is 0.0224. The number of quaternary nitrogens is 6. The maximum atomic E-state index is 14.2. The van der Waals surface area contributed by atoms with Gasteiger partial charge < -0.3 is 227 Å². The van der Waals surface area contributed by atoms with Gasteiger partial charge in [0, 0.05) is 131 Å². The number of carbonyl (C=O) groups excluding carboxylic acids is 3. The van der Waals surface area contributed by atoms with E-state index in [2.05, 4.69) is 174 Å². The molecule has 11 aromatic carbocycles. The summed E-state index contributed by atoms with van der Waals surface area (Å²) in [5, 5.41) is 8.53. The summed E-state index contributed by atoms with van der Waals surface area (Å²) in [7, 11) is 41.4. The van der Waals surface area contributed by atoms with E-state index in [0.29, 0.717) is 182 Å². The van der Waals surface area contributed by atoms with E-state index in [-0.39, 0.29) is 239 Å². The second kappa shape index (κ2) is 46.0. The number of nitrogens with one attached hydrogen (secondary N) is 2. The average molecular weight is 2670 g/mol. The number of aromatic nitrogens is 8. The van der Waals surface area contributed by atoms with E-state index in [4.69, 9.17) is 73.0 Å². The van der Waals surface area contributed by atoms with Crippen molar-refractivity contribution in [2.75, 3.05) is 160 Å². The standard InChI is InChI=1S/C107H115N18O10S.6HI.Zn/c1-118(96(126)42-22-21-41-95-97-88(64-136-95)108-107(128)109-97)49-50-119(2)106(127)65-43-45-72(46-44-65)129-79-47-48-80-81(57-79)99-110-98(80)111-100-82-58-89(130-73-35-23-29-66(51-73)120(3,4)5)90(131-74-36-24-30-67(52-74)121(6,7)8)59-83(82)102(113-100)115-104-86-62-93(134-77-39-27-33-70(55-77)124(15,16)17)94(135-78-40-28-34-71(56-78)125(18,19)20)63-87(86)105(117-104)116-103-85-61-92(133-76-38-26-32-69(54-76)123(12,13)14)91(60-84(85)101(112-99)114-103)132-75-37-25-31-68(53-75)122(9,10)11;;;;;;;/h23-40,43-48,51-63,88,95,97H,21-22,41-42,49-50,64H2,1-20H3,(H-3,108,109,110,111,112,113,114,115,116,117,128);6*1H;/q+3;;;;;;;+2/p-5/t88-,95-,97-;;;;;;;/m0......./s1. The number of rotatable bonds is 29. The first-order valence-corrected chi connectivity index (χ1v) is 46.6. The first-order valence-electron chi connectivity index (χ1n) is 45.6.